The Balaban J connectivity index is 1.68. The van der Waals surface area contributed by atoms with E-state index in [1.54, 1.807) is 0 Å². The molecule has 2 aromatic heterocycles. The number of aromatic nitrogens is 2. The lowest BCUT2D eigenvalue weighted by Gasteiger charge is -2.10. The van der Waals surface area contributed by atoms with Gasteiger partial charge < -0.3 is 11.1 Å². The molecular weight excluding hydrogens is 339 g/mol. The maximum atomic E-state index is 13.0. The molecule has 5 nitrogen and oxygen atoms in total. The predicted octanol–water partition coefficient (Wildman–Crippen LogP) is 3.85. The Hall–Kier alpha value is -2.54. The Bertz CT molecular complexity index is 977. The first-order valence-corrected chi connectivity index (χ1v) is 8.83. The van der Waals surface area contributed by atoms with Crippen LogP contribution in [0.25, 0.3) is 21.3 Å². The smallest absolute Gasteiger partial charge is 0.232 e. The molecule has 2 atom stereocenters. The number of carbonyl (C=O) groups excluding carboxylic acids is 1. The Labute approximate surface area is 148 Å². The second kappa shape index (κ2) is 5.77. The van der Waals surface area contributed by atoms with Crippen LogP contribution in [0.3, 0.4) is 0 Å². The molecule has 0 spiro atoms. The van der Waals surface area contributed by atoms with E-state index in [9.17, 15) is 9.18 Å². The van der Waals surface area contributed by atoms with Gasteiger partial charge in [0.15, 0.2) is 5.13 Å². The monoisotopic (exact) mass is 356 g/mol. The molecule has 1 amide bonds. The molecule has 1 aliphatic rings. The lowest BCUT2D eigenvalue weighted by atomic mass is 9.99. The maximum Gasteiger partial charge on any atom is 0.232 e. The number of nitrogens with two attached hydrogens (primary N) is 1. The topological polar surface area (TPSA) is 80.9 Å². The van der Waals surface area contributed by atoms with E-state index >= 15 is 0 Å². The van der Waals surface area contributed by atoms with Gasteiger partial charge in [-0.1, -0.05) is 17.4 Å². The van der Waals surface area contributed by atoms with Crippen LogP contribution in [0, 0.1) is 19.8 Å². The lowest BCUT2D eigenvalue weighted by molar-refractivity contribution is -0.117. The summed E-state index contributed by atoms with van der Waals surface area (Å²) in [5, 5.41) is 3.21. The third kappa shape index (κ3) is 2.95. The number of pyridine rings is 1. The van der Waals surface area contributed by atoms with Crippen molar-refractivity contribution in [1.29, 1.82) is 0 Å². The minimum atomic E-state index is -1.01. The summed E-state index contributed by atoms with van der Waals surface area (Å²) in [5.74, 6) is -0.302. The van der Waals surface area contributed by atoms with Crippen LogP contribution in [-0.2, 0) is 4.79 Å². The van der Waals surface area contributed by atoms with Gasteiger partial charge in [0.05, 0.1) is 16.1 Å². The minimum Gasteiger partial charge on any atom is -0.384 e. The fourth-order valence-electron chi connectivity index (χ4n) is 3.06. The van der Waals surface area contributed by atoms with Crippen LogP contribution in [0.5, 0.6) is 0 Å². The first-order chi connectivity index (χ1) is 11.9. The molecule has 1 aliphatic carbocycles. The van der Waals surface area contributed by atoms with Gasteiger partial charge in [0.2, 0.25) is 5.91 Å². The summed E-state index contributed by atoms with van der Waals surface area (Å²) in [6, 6.07) is 7.79. The van der Waals surface area contributed by atoms with Gasteiger partial charge in [-0.15, -0.1) is 0 Å². The largest absolute Gasteiger partial charge is 0.384 e. The molecule has 0 saturated heterocycles. The number of nitrogens with zero attached hydrogens (tertiary/aromatic N) is 2. The number of hydrogen-bond donors (Lipinski definition) is 2. The van der Waals surface area contributed by atoms with Crippen LogP contribution in [0.1, 0.15) is 17.7 Å². The van der Waals surface area contributed by atoms with Gasteiger partial charge in [-0.2, -0.15) is 0 Å². The van der Waals surface area contributed by atoms with Gasteiger partial charge in [-0.3, -0.25) is 4.79 Å². The van der Waals surface area contributed by atoms with E-state index in [4.69, 9.17) is 5.73 Å². The maximum absolute atomic E-state index is 13.0. The van der Waals surface area contributed by atoms with Crippen molar-refractivity contribution < 1.29 is 9.18 Å². The Kier molecular flexibility index (Phi) is 3.68. The zero-order chi connectivity index (χ0) is 17.7. The normalized spacial score (nSPS) is 19.2. The number of hydrogen-bond acceptors (Lipinski definition) is 5. The van der Waals surface area contributed by atoms with Crippen molar-refractivity contribution in [2.75, 3.05) is 11.1 Å². The molecule has 1 fully saturated rings. The van der Waals surface area contributed by atoms with Gasteiger partial charge >= 0.3 is 0 Å². The average Bonchev–Trinajstić information content (AvgIpc) is 3.13. The van der Waals surface area contributed by atoms with Gasteiger partial charge in [0.1, 0.15) is 12.0 Å². The van der Waals surface area contributed by atoms with Crippen LogP contribution >= 0.6 is 11.3 Å². The SMILES string of the molecule is Cc1cc(N)nc(C)c1-c1ccc2nc(NC(=O)[C@@H]3C[C@@H]3F)sc2c1. The standard InChI is InChI=1S/C18H17FN4OS/c1-8-5-15(20)21-9(2)16(8)10-3-4-13-14(6-10)25-18(22-13)23-17(24)11-7-12(11)19/h3-6,11-12H,7H2,1-2H3,(H2,20,21)(H,22,23,24)/t11-,12+/m1/s1. The Morgan fingerprint density at radius 3 is 2.76 bits per heavy atom. The third-order valence-electron chi connectivity index (χ3n) is 4.37. The molecule has 3 N–H and O–H groups in total. The first kappa shape index (κ1) is 16.0. The van der Waals surface area contributed by atoms with E-state index < -0.39 is 12.1 Å². The predicted molar refractivity (Wildman–Crippen MR) is 98.4 cm³/mol. The van der Waals surface area contributed by atoms with E-state index in [0.717, 1.165) is 32.6 Å². The van der Waals surface area contributed by atoms with Crippen molar-refractivity contribution in [1.82, 2.24) is 9.97 Å². The molecule has 0 aliphatic heterocycles. The quantitative estimate of drug-likeness (QED) is 0.747. The molecular formula is C18H17FN4OS. The van der Waals surface area contributed by atoms with Crippen LogP contribution in [-0.4, -0.2) is 22.0 Å². The minimum absolute atomic E-state index is 0.291. The van der Waals surface area contributed by atoms with E-state index in [1.807, 2.05) is 38.1 Å². The summed E-state index contributed by atoms with van der Waals surface area (Å²) in [4.78, 5) is 20.6. The number of nitrogens with one attached hydrogen (secondary N) is 1. The number of alkyl halides is 1. The first-order valence-electron chi connectivity index (χ1n) is 8.02. The second-order valence-corrected chi connectivity index (χ2v) is 7.40. The second-order valence-electron chi connectivity index (χ2n) is 6.37. The number of carbonyl (C=O) groups is 1. The highest BCUT2D eigenvalue weighted by Crippen LogP contribution is 2.37. The van der Waals surface area contributed by atoms with Crippen molar-refractivity contribution in [3.05, 3.63) is 35.5 Å². The van der Waals surface area contributed by atoms with Crippen molar-refractivity contribution in [3.63, 3.8) is 0 Å². The number of benzene rings is 1. The number of amides is 1. The average molecular weight is 356 g/mol. The Morgan fingerprint density at radius 2 is 2.08 bits per heavy atom. The van der Waals surface area contributed by atoms with E-state index in [-0.39, 0.29) is 5.91 Å². The number of thiazole rings is 1. The van der Waals surface area contributed by atoms with E-state index in [0.29, 0.717) is 17.4 Å². The summed E-state index contributed by atoms with van der Waals surface area (Å²) in [6.07, 6.45) is -0.700. The molecule has 0 radical (unpaired) electrons. The molecule has 1 saturated carbocycles. The molecule has 4 rings (SSSR count). The van der Waals surface area contributed by atoms with Crippen molar-refractivity contribution in [2.45, 2.75) is 26.4 Å². The molecule has 3 aromatic rings. The van der Waals surface area contributed by atoms with Crippen molar-refractivity contribution >= 4 is 38.4 Å². The summed E-state index contributed by atoms with van der Waals surface area (Å²) < 4.78 is 13.9. The number of anilines is 2. The molecule has 7 heteroatoms. The number of rotatable bonds is 3. The van der Waals surface area contributed by atoms with Crippen molar-refractivity contribution in [2.24, 2.45) is 5.92 Å². The fraction of sp³-hybridized carbons (Fsp3) is 0.278. The van der Waals surface area contributed by atoms with Crippen LogP contribution < -0.4 is 11.1 Å². The van der Waals surface area contributed by atoms with Gasteiger partial charge in [0.25, 0.3) is 0 Å². The fourth-order valence-corrected chi connectivity index (χ4v) is 3.97. The highest BCUT2D eigenvalue weighted by atomic mass is 32.1. The van der Waals surface area contributed by atoms with E-state index in [2.05, 4.69) is 15.3 Å². The molecule has 1 aromatic carbocycles. The summed E-state index contributed by atoms with van der Waals surface area (Å²) >= 11 is 1.39. The number of halogens is 1. The third-order valence-corrected chi connectivity index (χ3v) is 5.31. The summed E-state index contributed by atoms with van der Waals surface area (Å²) in [7, 11) is 0. The van der Waals surface area contributed by atoms with Crippen LogP contribution in [0.15, 0.2) is 24.3 Å². The van der Waals surface area contributed by atoms with Crippen molar-refractivity contribution in [3.8, 4) is 11.1 Å². The molecule has 0 bridgehead atoms. The number of nitrogen functional groups attached to an aromatic ring is 1. The molecule has 0 unspecified atom stereocenters. The van der Waals surface area contributed by atoms with Crippen LogP contribution in [0.4, 0.5) is 15.3 Å². The lowest BCUT2D eigenvalue weighted by Crippen LogP contribution is -2.14. The molecule has 2 heterocycles. The summed E-state index contributed by atoms with van der Waals surface area (Å²) in [6.45, 7) is 3.94. The number of fused-ring (bicyclic) bond motifs is 1. The highest BCUT2D eigenvalue weighted by Gasteiger charge is 2.43. The summed E-state index contributed by atoms with van der Waals surface area (Å²) in [5.41, 5.74) is 10.6. The highest BCUT2D eigenvalue weighted by molar-refractivity contribution is 7.22. The van der Waals surface area contributed by atoms with E-state index in [1.165, 1.54) is 11.3 Å². The Morgan fingerprint density at radius 1 is 1.32 bits per heavy atom. The zero-order valence-electron chi connectivity index (χ0n) is 13.8. The van der Waals surface area contributed by atoms with Gasteiger partial charge in [-0.05, 0) is 49.6 Å². The molecule has 128 valence electrons. The van der Waals surface area contributed by atoms with Gasteiger partial charge in [0, 0.05) is 11.3 Å². The van der Waals surface area contributed by atoms with Gasteiger partial charge in [-0.25, -0.2) is 14.4 Å². The van der Waals surface area contributed by atoms with Crippen LogP contribution in [0.2, 0.25) is 0 Å². The number of aryl methyl sites for hydroxylation is 2. The zero-order valence-corrected chi connectivity index (χ0v) is 14.7. The molecule has 25 heavy (non-hydrogen) atoms.